The van der Waals surface area contributed by atoms with E-state index in [2.05, 4.69) is 42.3 Å². The number of hydrogen-bond acceptors (Lipinski definition) is 2. The van der Waals surface area contributed by atoms with Gasteiger partial charge < -0.3 is 4.98 Å². The molecule has 2 aromatic rings. The highest BCUT2D eigenvalue weighted by molar-refractivity contribution is 6.03. The van der Waals surface area contributed by atoms with Crippen molar-refractivity contribution in [1.82, 2.24) is 10.3 Å². The number of imide groups is 1. The standard InChI is InChI=1S/C16H18N2O2/c1-9(2)10-3-4-11-13(8-17-14(11)7-10)12-5-6-15(19)18-16(12)20/h3-4,7-9,12,17H,5-6H2,1-2H3,(H,18,19,20). The second-order valence-electron chi connectivity index (χ2n) is 5.71. The molecule has 104 valence electrons. The van der Waals surface area contributed by atoms with Crippen LogP contribution in [0.15, 0.2) is 24.4 Å². The van der Waals surface area contributed by atoms with E-state index in [1.807, 2.05) is 6.20 Å². The number of benzene rings is 1. The van der Waals surface area contributed by atoms with Crippen LogP contribution in [-0.4, -0.2) is 16.8 Å². The lowest BCUT2D eigenvalue weighted by molar-refractivity contribution is -0.134. The molecule has 1 aliphatic heterocycles. The maximum absolute atomic E-state index is 12.0. The molecule has 2 heterocycles. The summed E-state index contributed by atoms with van der Waals surface area (Å²) >= 11 is 0. The van der Waals surface area contributed by atoms with Crippen molar-refractivity contribution in [1.29, 1.82) is 0 Å². The number of aromatic amines is 1. The van der Waals surface area contributed by atoms with Crippen molar-refractivity contribution in [3.8, 4) is 0 Å². The first-order valence-corrected chi connectivity index (χ1v) is 7.01. The molecule has 1 unspecified atom stereocenters. The predicted octanol–water partition coefficient (Wildman–Crippen LogP) is 2.81. The highest BCUT2D eigenvalue weighted by atomic mass is 16.2. The van der Waals surface area contributed by atoms with E-state index >= 15 is 0 Å². The van der Waals surface area contributed by atoms with Crippen molar-refractivity contribution in [2.45, 2.75) is 38.5 Å². The van der Waals surface area contributed by atoms with Gasteiger partial charge in [0.25, 0.3) is 0 Å². The molecule has 1 saturated heterocycles. The molecule has 0 aliphatic carbocycles. The summed E-state index contributed by atoms with van der Waals surface area (Å²) in [6, 6.07) is 6.31. The molecule has 4 heteroatoms. The summed E-state index contributed by atoms with van der Waals surface area (Å²) in [5, 5.41) is 3.49. The van der Waals surface area contributed by atoms with Crippen LogP contribution in [0.1, 0.15) is 49.7 Å². The number of hydrogen-bond donors (Lipinski definition) is 2. The maximum atomic E-state index is 12.0. The Morgan fingerprint density at radius 1 is 1.25 bits per heavy atom. The zero-order valence-corrected chi connectivity index (χ0v) is 11.7. The Balaban J connectivity index is 2.00. The fraction of sp³-hybridized carbons (Fsp3) is 0.375. The Kier molecular flexibility index (Phi) is 3.08. The fourth-order valence-electron chi connectivity index (χ4n) is 2.80. The number of piperidine rings is 1. The van der Waals surface area contributed by atoms with Crippen molar-refractivity contribution < 1.29 is 9.59 Å². The Hall–Kier alpha value is -2.10. The third-order valence-electron chi connectivity index (χ3n) is 4.02. The van der Waals surface area contributed by atoms with Gasteiger partial charge in [0.2, 0.25) is 11.8 Å². The predicted molar refractivity (Wildman–Crippen MR) is 77.5 cm³/mol. The summed E-state index contributed by atoms with van der Waals surface area (Å²) in [7, 11) is 0. The first kappa shape index (κ1) is 12.9. The molecule has 20 heavy (non-hydrogen) atoms. The van der Waals surface area contributed by atoms with Crippen molar-refractivity contribution in [3.63, 3.8) is 0 Å². The van der Waals surface area contributed by atoms with Crippen LogP contribution in [0.4, 0.5) is 0 Å². The summed E-state index contributed by atoms with van der Waals surface area (Å²) in [6.45, 7) is 4.32. The number of carbonyl (C=O) groups excluding carboxylic acids is 2. The second kappa shape index (κ2) is 4.78. The number of nitrogens with one attached hydrogen (secondary N) is 2. The van der Waals surface area contributed by atoms with Gasteiger partial charge in [0.15, 0.2) is 0 Å². The molecule has 1 aromatic heterocycles. The number of amides is 2. The minimum Gasteiger partial charge on any atom is -0.361 e. The normalized spacial score (nSPS) is 19.6. The lowest BCUT2D eigenvalue weighted by atomic mass is 9.90. The molecule has 2 amide bonds. The second-order valence-corrected chi connectivity index (χ2v) is 5.71. The van der Waals surface area contributed by atoms with Crippen molar-refractivity contribution in [2.24, 2.45) is 0 Å². The molecule has 4 nitrogen and oxygen atoms in total. The van der Waals surface area contributed by atoms with E-state index in [4.69, 9.17) is 0 Å². The summed E-state index contributed by atoms with van der Waals surface area (Å²) in [4.78, 5) is 26.5. The minimum atomic E-state index is -0.230. The molecular formula is C16H18N2O2. The zero-order chi connectivity index (χ0) is 14.3. The number of aromatic nitrogens is 1. The van der Waals surface area contributed by atoms with E-state index in [1.54, 1.807) is 0 Å². The van der Waals surface area contributed by atoms with Crippen LogP contribution in [0.2, 0.25) is 0 Å². The highest BCUT2D eigenvalue weighted by Crippen LogP contribution is 2.32. The van der Waals surface area contributed by atoms with Crippen LogP contribution in [0.5, 0.6) is 0 Å². The van der Waals surface area contributed by atoms with Gasteiger partial charge in [0.1, 0.15) is 0 Å². The van der Waals surface area contributed by atoms with Gasteiger partial charge in [-0.05, 0) is 29.5 Å². The average Bonchev–Trinajstić information content (AvgIpc) is 2.81. The first-order chi connectivity index (χ1) is 9.56. The minimum absolute atomic E-state index is 0.173. The third kappa shape index (κ3) is 2.11. The molecule has 0 radical (unpaired) electrons. The first-order valence-electron chi connectivity index (χ1n) is 7.01. The van der Waals surface area contributed by atoms with E-state index in [0.717, 1.165) is 16.5 Å². The van der Waals surface area contributed by atoms with Gasteiger partial charge in [-0.3, -0.25) is 14.9 Å². The lowest BCUT2D eigenvalue weighted by Gasteiger charge is -2.20. The summed E-state index contributed by atoms with van der Waals surface area (Å²) in [6.07, 6.45) is 2.89. The Morgan fingerprint density at radius 3 is 2.75 bits per heavy atom. The number of carbonyl (C=O) groups is 2. The van der Waals surface area contributed by atoms with Gasteiger partial charge in [-0.25, -0.2) is 0 Å². The molecular weight excluding hydrogens is 252 g/mol. The van der Waals surface area contributed by atoms with E-state index in [-0.39, 0.29) is 17.7 Å². The highest BCUT2D eigenvalue weighted by Gasteiger charge is 2.29. The van der Waals surface area contributed by atoms with Gasteiger partial charge in [-0.2, -0.15) is 0 Å². The average molecular weight is 270 g/mol. The van der Waals surface area contributed by atoms with Crippen LogP contribution in [0.3, 0.4) is 0 Å². The van der Waals surface area contributed by atoms with Crippen molar-refractivity contribution >= 4 is 22.7 Å². The molecule has 1 fully saturated rings. The SMILES string of the molecule is CC(C)c1ccc2c(C3CCC(=O)NC3=O)c[nH]c2c1. The molecule has 0 bridgehead atoms. The fourth-order valence-corrected chi connectivity index (χ4v) is 2.80. The van der Waals surface area contributed by atoms with E-state index in [9.17, 15) is 9.59 Å². The van der Waals surface area contributed by atoms with Crippen LogP contribution < -0.4 is 5.32 Å². The van der Waals surface area contributed by atoms with E-state index < -0.39 is 0 Å². The number of rotatable bonds is 2. The molecule has 1 aliphatic rings. The van der Waals surface area contributed by atoms with Crippen molar-refractivity contribution in [2.75, 3.05) is 0 Å². The van der Waals surface area contributed by atoms with Gasteiger partial charge >= 0.3 is 0 Å². The summed E-state index contributed by atoms with van der Waals surface area (Å²) in [5.41, 5.74) is 3.31. The molecule has 1 atom stereocenters. The molecule has 3 rings (SSSR count). The maximum Gasteiger partial charge on any atom is 0.234 e. The van der Waals surface area contributed by atoms with Crippen LogP contribution >= 0.6 is 0 Å². The Bertz CT molecular complexity index is 685. The van der Waals surface area contributed by atoms with Gasteiger partial charge in [0.05, 0.1) is 5.92 Å². The summed E-state index contributed by atoms with van der Waals surface area (Å²) < 4.78 is 0. The number of H-pyrrole nitrogens is 1. The zero-order valence-electron chi connectivity index (χ0n) is 11.7. The Labute approximate surface area is 117 Å². The van der Waals surface area contributed by atoms with Gasteiger partial charge in [-0.15, -0.1) is 0 Å². The molecule has 1 aromatic carbocycles. The van der Waals surface area contributed by atoms with Crippen LogP contribution in [-0.2, 0) is 9.59 Å². The van der Waals surface area contributed by atoms with Gasteiger partial charge in [-0.1, -0.05) is 26.0 Å². The summed E-state index contributed by atoms with van der Waals surface area (Å²) in [5.74, 6) is -0.114. The third-order valence-corrected chi connectivity index (χ3v) is 4.02. The van der Waals surface area contributed by atoms with Crippen molar-refractivity contribution in [3.05, 3.63) is 35.5 Å². The Morgan fingerprint density at radius 2 is 2.05 bits per heavy atom. The monoisotopic (exact) mass is 270 g/mol. The largest absolute Gasteiger partial charge is 0.361 e. The molecule has 0 spiro atoms. The number of fused-ring (bicyclic) bond motifs is 1. The molecule has 2 N–H and O–H groups in total. The van der Waals surface area contributed by atoms with Gasteiger partial charge in [0, 0.05) is 23.5 Å². The topological polar surface area (TPSA) is 62.0 Å². The lowest BCUT2D eigenvalue weighted by Crippen LogP contribution is -2.39. The quantitative estimate of drug-likeness (QED) is 0.824. The van der Waals surface area contributed by atoms with Crippen LogP contribution in [0.25, 0.3) is 10.9 Å². The molecule has 0 saturated carbocycles. The van der Waals surface area contributed by atoms with E-state index in [0.29, 0.717) is 18.8 Å². The smallest absolute Gasteiger partial charge is 0.234 e. The van der Waals surface area contributed by atoms with Crippen LogP contribution in [0, 0.1) is 0 Å². The van der Waals surface area contributed by atoms with E-state index in [1.165, 1.54) is 5.56 Å².